The maximum atomic E-state index is 15.6. The first-order valence-corrected chi connectivity index (χ1v) is 11.2. The van der Waals surface area contributed by atoms with Crippen molar-refractivity contribution in [1.82, 2.24) is 10.3 Å². The van der Waals surface area contributed by atoms with Gasteiger partial charge in [0.05, 0.1) is 18.8 Å². The Morgan fingerprint density at radius 1 is 1.30 bits per heavy atom. The number of carbonyl (C=O) groups excluding carboxylic acids is 1. The smallest absolute Gasteiger partial charge is 0.407 e. The van der Waals surface area contributed by atoms with Crippen molar-refractivity contribution in [2.24, 2.45) is 0 Å². The molecule has 1 aliphatic carbocycles. The van der Waals surface area contributed by atoms with E-state index >= 15 is 4.39 Å². The van der Waals surface area contributed by atoms with Crippen LogP contribution in [0.25, 0.3) is 11.3 Å². The topological polar surface area (TPSA) is 100 Å². The second-order valence-corrected chi connectivity index (χ2v) is 9.79. The van der Waals surface area contributed by atoms with Crippen molar-refractivity contribution in [1.29, 1.82) is 0 Å². The molecule has 33 heavy (non-hydrogen) atoms. The molecule has 2 unspecified atom stereocenters. The zero-order valence-electron chi connectivity index (χ0n) is 19.2. The van der Waals surface area contributed by atoms with Gasteiger partial charge in [0, 0.05) is 24.7 Å². The van der Waals surface area contributed by atoms with Crippen LogP contribution in [-0.2, 0) is 4.74 Å². The number of alkyl carbamates (subject to hydrolysis) is 1. The molecule has 5 rings (SSSR count). The number of oxazole rings is 1. The highest BCUT2D eigenvalue weighted by molar-refractivity contribution is 5.90. The van der Waals surface area contributed by atoms with E-state index in [0.29, 0.717) is 53.7 Å². The van der Waals surface area contributed by atoms with Gasteiger partial charge in [-0.1, -0.05) is 0 Å². The number of fused-ring (bicyclic) bond motifs is 3. The zero-order chi connectivity index (χ0) is 23.5. The van der Waals surface area contributed by atoms with Gasteiger partial charge in [-0.05, 0) is 46.1 Å². The minimum atomic E-state index is -0.994. The molecular formula is C23H29FN4O5. The molecule has 178 valence electrons. The number of nitrogens with zero attached hydrogens (tertiary/aromatic N) is 3. The molecule has 0 radical (unpaired) electrons. The quantitative estimate of drug-likeness (QED) is 0.714. The standard InChI is InChI=1S/C23H29FN4O5/c1-23(2,3)33-22(30)26-12-7-8-27(10-12)18-15(24)9-14-17(20(18)31-4)28(13-5-6-13)21(29)16-19(14)32-11-25-16/h9,11-13,21,29H,5-8,10H2,1-4H3,(H,26,30). The van der Waals surface area contributed by atoms with Gasteiger partial charge < -0.3 is 34.1 Å². The van der Waals surface area contributed by atoms with Gasteiger partial charge in [-0.2, -0.15) is 0 Å². The summed E-state index contributed by atoms with van der Waals surface area (Å²) in [5.74, 6) is 0.234. The third kappa shape index (κ3) is 3.86. The molecule has 10 heteroatoms. The van der Waals surface area contributed by atoms with Crippen LogP contribution in [0.3, 0.4) is 0 Å². The molecule has 9 nitrogen and oxygen atoms in total. The number of aliphatic hydroxyl groups is 1. The average Bonchev–Trinajstić information content (AvgIpc) is 3.25. The van der Waals surface area contributed by atoms with E-state index < -0.39 is 23.7 Å². The van der Waals surface area contributed by atoms with Crippen LogP contribution in [0.2, 0.25) is 0 Å². The van der Waals surface area contributed by atoms with E-state index in [-0.39, 0.29) is 12.1 Å². The zero-order valence-corrected chi connectivity index (χ0v) is 19.2. The number of nitrogens with one attached hydrogen (secondary N) is 1. The van der Waals surface area contributed by atoms with E-state index in [2.05, 4.69) is 10.3 Å². The van der Waals surface area contributed by atoms with Gasteiger partial charge in [0.1, 0.15) is 17.0 Å². The van der Waals surface area contributed by atoms with Gasteiger partial charge in [-0.15, -0.1) is 0 Å². The van der Waals surface area contributed by atoms with E-state index in [1.165, 1.54) is 19.6 Å². The predicted octanol–water partition coefficient (Wildman–Crippen LogP) is 3.57. The first-order chi connectivity index (χ1) is 15.7. The summed E-state index contributed by atoms with van der Waals surface area (Å²) in [4.78, 5) is 20.1. The van der Waals surface area contributed by atoms with Crippen molar-refractivity contribution >= 4 is 17.5 Å². The van der Waals surface area contributed by atoms with Crippen molar-refractivity contribution < 1.29 is 28.2 Å². The van der Waals surface area contributed by atoms with Crippen molar-refractivity contribution in [3.63, 3.8) is 0 Å². The Morgan fingerprint density at radius 2 is 2.06 bits per heavy atom. The summed E-state index contributed by atoms with van der Waals surface area (Å²) >= 11 is 0. The molecule has 2 atom stereocenters. The number of methoxy groups -OCH3 is 1. The Bertz CT molecular complexity index is 1080. The highest BCUT2D eigenvalue weighted by Crippen LogP contribution is 2.55. The lowest BCUT2D eigenvalue weighted by Crippen LogP contribution is -2.40. The summed E-state index contributed by atoms with van der Waals surface area (Å²) in [5, 5.41) is 13.9. The second-order valence-electron chi connectivity index (χ2n) is 9.79. The summed E-state index contributed by atoms with van der Waals surface area (Å²) < 4.78 is 32.2. The summed E-state index contributed by atoms with van der Waals surface area (Å²) in [7, 11) is 1.50. The summed E-state index contributed by atoms with van der Waals surface area (Å²) in [5.41, 5.74) is 1.22. The second kappa shape index (κ2) is 7.79. The van der Waals surface area contributed by atoms with Crippen molar-refractivity contribution in [2.75, 3.05) is 30.0 Å². The SMILES string of the molecule is COc1c(N2CCC(NC(=O)OC(C)(C)C)C2)c(F)cc2c1N(C1CC1)C(O)c1ncoc1-2. The number of carbonyl (C=O) groups is 1. The molecule has 1 saturated heterocycles. The van der Waals surface area contributed by atoms with E-state index in [9.17, 15) is 9.90 Å². The maximum Gasteiger partial charge on any atom is 0.407 e. The van der Waals surface area contributed by atoms with Gasteiger partial charge in [-0.25, -0.2) is 14.2 Å². The minimum Gasteiger partial charge on any atom is -0.492 e. The minimum absolute atomic E-state index is 0.121. The number of hydrogen-bond acceptors (Lipinski definition) is 8. The highest BCUT2D eigenvalue weighted by Gasteiger charge is 2.45. The molecule has 1 aromatic carbocycles. The lowest BCUT2D eigenvalue weighted by Gasteiger charge is -2.37. The number of ether oxygens (including phenoxy) is 2. The number of aliphatic hydroxyl groups excluding tert-OH is 1. The Balaban J connectivity index is 1.49. The number of halogens is 1. The molecule has 2 N–H and O–H groups in total. The molecule has 0 spiro atoms. The summed E-state index contributed by atoms with van der Waals surface area (Å²) in [6, 6.07) is 1.36. The normalized spacial score (nSPS) is 22.1. The molecule has 2 aromatic rings. The predicted molar refractivity (Wildman–Crippen MR) is 119 cm³/mol. The van der Waals surface area contributed by atoms with Crippen LogP contribution in [0, 0.1) is 5.82 Å². The Kier molecular flexibility index (Phi) is 5.15. The fraction of sp³-hybridized carbons (Fsp3) is 0.565. The van der Waals surface area contributed by atoms with Gasteiger partial charge in [-0.3, -0.25) is 0 Å². The molecule has 3 aliphatic rings. The van der Waals surface area contributed by atoms with Crippen molar-refractivity contribution in [3.05, 3.63) is 24.0 Å². The third-order valence-electron chi connectivity index (χ3n) is 6.16. The monoisotopic (exact) mass is 460 g/mol. The van der Waals surface area contributed by atoms with Crippen LogP contribution < -0.4 is 19.9 Å². The number of rotatable bonds is 4. The highest BCUT2D eigenvalue weighted by atomic mass is 19.1. The van der Waals surface area contributed by atoms with Crippen molar-refractivity contribution in [2.45, 2.75) is 63.9 Å². The number of anilines is 2. The Hall–Kier alpha value is -3.01. The third-order valence-corrected chi connectivity index (χ3v) is 6.16. The van der Waals surface area contributed by atoms with Crippen LogP contribution in [0.1, 0.15) is 52.0 Å². The first-order valence-electron chi connectivity index (χ1n) is 11.2. The van der Waals surface area contributed by atoms with Gasteiger partial charge >= 0.3 is 6.09 Å². The van der Waals surface area contributed by atoms with Gasteiger partial charge in [0.25, 0.3) is 0 Å². The molecule has 1 aromatic heterocycles. The molecule has 1 saturated carbocycles. The molecule has 2 fully saturated rings. The number of amides is 1. The number of aromatic nitrogens is 1. The fourth-order valence-corrected chi connectivity index (χ4v) is 4.71. The molecule has 3 heterocycles. The summed E-state index contributed by atoms with van der Waals surface area (Å²) in [6.45, 7) is 6.36. The van der Waals surface area contributed by atoms with Crippen LogP contribution in [-0.4, -0.2) is 54.1 Å². The van der Waals surface area contributed by atoms with E-state index in [1.54, 1.807) is 20.8 Å². The van der Waals surface area contributed by atoms with Crippen LogP contribution >= 0.6 is 0 Å². The molecular weight excluding hydrogens is 431 g/mol. The average molecular weight is 461 g/mol. The van der Waals surface area contributed by atoms with Crippen molar-refractivity contribution in [3.8, 4) is 17.1 Å². The lowest BCUT2D eigenvalue weighted by molar-refractivity contribution is 0.0509. The number of benzene rings is 1. The Morgan fingerprint density at radius 3 is 2.73 bits per heavy atom. The Labute approximate surface area is 191 Å². The molecule has 0 bridgehead atoms. The van der Waals surface area contributed by atoms with Crippen LogP contribution in [0.4, 0.5) is 20.6 Å². The van der Waals surface area contributed by atoms with E-state index in [1.807, 2.05) is 9.80 Å². The lowest BCUT2D eigenvalue weighted by atomic mass is 9.99. The van der Waals surface area contributed by atoms with Gasteiger partial charge in [0.15, 0.2) is 29.9 Å². The van der Waals surface area contributed by atoms with Crippen LogP contribution in [0.15, 0.2) is 16.9 Å². The summed E-state index contributed by atoms with van der Waals surface area (Å²) in [6.07, 6.45) is 2.26. The van der Waals surface area contributed by atoms with E-state index in [4.69, 9.17) is 13.9 Å². The van der Waals surface area contributed by atoms with Crippen LogP contribution in [0.5, 0.6) is 5.75 Å². The number of hydrogen-bond donors (Lipinski definition) is 2. The largest absolute Gasteiger partial charge is 0.492 e. The molecule has 2 aliphatic heterocycles. The fourth-order valence-electron chi connectivity index (χ4n) is 4.71. The first kappa shape index (κ1) is 21.8. The van der Waals surface area contributed by atoms with E-state index in [0.717, 1.165) is 12.8 Å². The van der Waals surface area contributed by atoms with Gasteiger partial charge in [0.2, 0.25) is 0 Å². The molecule has 1 amide bonds. The maximum absolute atomic E-state index is 15.6.